The van der Waals surface area contributed by atoms with Crippen molar-refractivity contribution in [1.82, 2.24) is 0 Å². The van der Waals surface area contributed by atoms with Crippen LogP contribution >= 0.6 is 0 Å². The van der Waals surface area contributed by atoms with Crippen LogP contribution in [0.3, 0.4) is 0 Å². The number of rotatable bonds is 5. The van der Waals surface area contributed by atoms with Gasteiger partial charge in [-0.1, -0.05) is 6.92 Å². The molecule has 0 spiro atoms. The molecule has 0 amide bonds. The second-order valence-corrected chi connectivity index (χ2v) is 2.82. The third-order valence-electron chi connectivity index (χ3n) is 2.01. The summed E-state index contributed by atoms with van der Waals surface area (Å²) in [5.74, 6) is -0.417. The van der Waals surface area contributed by atoms with E-state index in [0.717, 1.165) is 0 Å². The lowest BCUT2D eigenvalue weighted by molar-refractivity contribution is -0.0837. The fourth-order valence-electron chi connectivity index (χ4n) is 0.845. The predicted molar refractivity (Wildman–Crippen MR) is 40.0 cm³/mol. The molecule has 4 nitrogen and oxygen atoms in total. The van der Waals surface area contributed by atoms with Crippen LogP contribution in [0.1, 0.15) is 13.3 Å². The standard InChI is InChI=1S/C7H16O4/c1-6(4-9)7(11,5-10)2-3-8/h6,8-11H,2-5H2,1H3. The maximum absolute atomic E-state index is 9.52. The fourth-order valence-corrected chi connectivity index (χ4v) is 0.845. The summed E-state index contributed by atoms with van der Waals surface area (Å²) in [6.07, 6.45) is 0.0885. The summed E-state index contributed by atoms with van der Waals surface area (Å²) in [5, 5.41) is 35.5. The van der Waals surface area contributed by atoms with Gasteiger partial charge >= 0.3 is 0 Å². The molecule has 68 valence electrons. The van der Waals surface area contributed by atoms with Crippen molar-refractivity contribution in [2.75, 3.05) is 19.8 Å². The van der Waals surface area contributed by atoms with E-state index in [1.165, 1.54) is 0 Å². The van der Waals surface area contributed by atoms with Crippen LogP contribution in [0.2, 0.25) is 0 Å². The Morgan fingerprint density at radius 2 is 1.82 bits per heavy atom. The number of hydrogen-bond acceptors (Lipinski definition) is 4. The van der Waals surface area contributed by atoms with Crippen molar-refractivity contribution >= 4 is 0 Å². The van der Waals surface area contributed by atoms with Crippen LogP contribution in [0.4, 0.5) is 0 Å². The van der Waals surface area contributed by atoms with Crippen LogP contribution < -0.4 is 0 Å². The van der Waals surface area contributed by atoms with E-state index in [1.807, 2.05) is 0 Å². The highest BCUT2D eigenvalue weighted by atomic mass is 16.3. The summed E-state index contributed by atoms with van der Waals surface area (Å²) in [6, 6.07) is 0. The molecule has 0 bridgehead atoms. The molecule has 2 unspecified atom stereocenters. The maximum atomic E-state index is 9.52. The Hall–Kier alpha value is -0.160. The molecular formula is C7H16O4. The lowest BCUT2D eigenvalue weighted by atomic mass is 9.87. The molecule has 0 aromatic carbocycles. The van der Waals surface area contributed by atoms with Crippen molar-refractivity contribution in [2.24, 2.45) is 5.92 Å². The van der Waals surface area contributed by atoms with E-state index in [0.29, 0.717) is 0 Å². The SMILES string of the molecule is CC(CO)C(O)(CO)CCO. The van der Waals surface area contributed by atoms with E-state index in [4.69, 9.17) is 15.3 Å². The summed E-state index contributed by atoms with van der Waals surface area (Å²) in [7, 11) is 0. The first-order valence-corrected chi connectivity index (χ1v) is 3.65. The van der Waals surface area contributed by atoms with Crippen LogP contribution in [0, 0.1) is 5.92 Å². The van der Waals surface area contributed by atoms with Gasteiger partial charge in [0.1, 0.15) is 0 Å². The Morgan fingerprint density at radius 1 is 1.27 bits per heavy atom. The molecule has 0 aliphatic rings. The maximum Gasteiger partial charge on any atom is 0.0946 e. The first-order valence-electron chi connectivity index (χ1n) is 3.65. The lowest BCUT2D eigenvalue weighted by Gasteiger charge is -2.30. The summed E-state index contributed by atoms with van der Waals surface area (Å²) >= 11 is 0. The van der Waals surface area contributed by atoms with Gasteiger partial charge in [0.2, 0.25) is 0 Å². The topological polar surface area (TPSA) is 80.9 Å². The largest absolute Gasteiger partial charge is 0.396 e. The van der Waals surface area contributed by atoms with Crippen molar-refractivity contribution in [2.45, 2.75) is 18.9 Å². The van der Waals surface area contributed by atoms with Gasteiger partial charge in [0.25, 0.3) is 0 Å². The molecular weight excluding hydrogens is 148 g/mol. The Bertz CT molecular complexity index is 107. The van der Waals surface area contributed by atoms with E-state index in [9.17, 15) is 5.11 Å². The smallest absolute Gasteiger partial charge is 0.0946 e. The van der Waals surface area contributed by atoms with E-state index in [-0.39, 0.29) is 19.6 Å². The molecule has 0 aromatic heterocycles. The van der Waals surface area contributed by atoms with E-state index < -0.39 is 18.1 Å². The highest BCUT2D eigenvalue weighted by Crippen LogP contribution is 2.19. The highest BCUT2D eigenvalue weighted by Gasteiger charge is 2.31. The summed E-state index contributed by atoms with van der Waals surface area (Å²) < 4.78 is 0. The minimum Gasteiger partial charge on any atom is -0.396 e. The molecule has 4 N–H and O–H groups in total. The molecule has 4 heteroatoms. The Labute approximate surface area is 66.1 Å². The quantitative estimate of drug-likeness (QED) is 0.408. The summed E-state index contributed by atoms with van der Waals surface area (Å²) in [5.41, 5.74) is -1.34. The number of aliphatic hydroxyl groups excluding tert-OH is 3. The zero-order valence-corrected chi connectivity index (χ0v) is 6.69. The average Bonchev–Trinajstić information content (AvgIpc) is 2.03. The predicted octanol–water partition coefficient (Wildman–Crippen LogP) is -1.28. The fraction of sp³-hybridized carbons (Fsp3) is 1.00. The van der Waals surface area contributed by atoms with Gasteiger partial charge in [-0.05, 0) is 0 Å². The molecule has 11 heavy (non-hydrogen) atoms. The Morgan fingerprint density at radius 3 is 2.09 bits per heavy atom. The van der Waals surface area contributed by atoms with Crippen LogP contribution in [0.15, 0.2) is 0 Å². The summed E-state index contributed by atoms with van der Waals surface area (Å²) in [6.45, 7) is 0.791. The number of hydrogen-bond donors (Lipinski definition) is 4. The normalized spacial score (nSPS) is 19.4. The second-order valence-electron chi connectivity index (χ2n) is 2.82. The molecule has 0 radical (unpaired) electrons. The van der Waals surface area contributed by atoms with Crippen LogP contribution in [0.25, 0.3) is 0 Å². The first-order chi connectivity index (χ1) is 5.10. The monoisotopic (exact) mass is 164 g/mol. The Balaban J connectivity index is 4.07. The van der Waals surface area contributed by atoms with Gasteiger partial charge in [-0.25, -0.2) is 0 Å². The second kappa shape index (κ2) is 4.66. The van der Waals surface area contributed by atoms with Crippen LogP contribution in [-0.4, -0.2) is 45.8 Å². The minimum atomic E-state index is -1.34. The van der Waals surface area contributed by atoms with Gasteiger partial charge < -0.3 is 20.4 Å². The van der Waals surface area contributed by atoms with Gasteiger partial charge in [-0.3, -0.25) is 0 Å². The minimum absolute atomic E-state index is 0.0885. The van der Waals surface area contributed by atoms with Crippen molar-refractivity contribution in [1.29, 1.82) is 0 Å². The molecule has 0 rings (SSSR count). The number of aliphatic hydroxyl groups is 4. The zero-order valence-electron chi connectivity index (χ0n) is 6.69. The van der Waals surface area contributed by atoms with Crippen molar-refractivity contribution in [3.05, 3.63) is 0 Å². The molecule has 2 atom stereocenters. The third-order valence-corrected chi connectivity index (χ3v) is 2.01. The van der Waals surface area contributed by atoms with Gasteiger partial charge in [0.05, 0.1) is 12.2 Å². The lowest BCUT2D eigenvalue weighted by Crippen LogP contribution is -2.42. The van der Waals surface area contributed by atoms with Gasteiger partial charge in [0.15, 0.2) is 0 Å². The molecule has 0 fully saturated rings. The van der Waals surface area contributed by atoms with Crippen molar-refractivity contribution in [3.63, 3.8) is 0 Å². The molecule has 0 heterocycles. The van der Waals surface area contributed by atoms with Crippen LogP contribution in [-0.2, 0) is 0 Å². The van der Waals surface area contributed by atoms with Gasteiger partial charge in [-0.15, -0.1) is 0 Å². The van der Waals surface area contributed by atoms with E-state index in [2.05, 4.69) is 0 Å². The average molecular weight is 164 g/mol. The molecule has 0 saturated carbocycles. The molecule has 0 aromatic rings. The van der Waals surface area contributed by atoms with E-state index in [1.54, 1.807) is 6.92 Å². The zero-order chi connectivity index (χ0) is 8.91. The highest BCUT2D eigenvalue weighted by molar-refractivity contribution is 4.82. The van der Waals surface area contributed by atoms with Gasteiger partial charge in [-0.2, -0.15) is 0 Å². The van der Waals surface area contributed by atoms with Crippen LogP contribution in [0.5, 0.6) is 0 Å². The molecule has 0 aliphatic heterocycles. The third kappa shape index (κ3) is 2.75. The molecule has 0 aliphatic carbocycles. The van der Waals surface area contributed by atoms with E-state index >= 15 is 0 Å². The Kier molecular flexibility index (Phi) is 4.60. The first kappa shape index (κ1) is 10.8. The molecule has 0 saturated heterocycles. The summed E-state index contributed by atoms with van der Waals surface area (Å²) in [4.78, 5) is 0. The van der Waals surface area contributed by atoms with Crippen molar-refractivity contribution < 1.29 is 20.4 Å². The van der Waals surface area contributed by atoms with Crippen molar-refractivity contribution in [3.8, 4) is 0 Å². The van der Waals surface area contributed by atoms with Gasteiger partial charge in [0, 0.05) is 25.6 Å².